The maximum absolute atomic E-state index is 11.9. The van der Waals surface area contributed by atoms with Crippen LogP contribution in [-0.2, 0) is 10.0 Å². The third kappa shape index (κ3) is 4.53. The summed E-state index contributed by atoms with van der Waals surface area (Å²) in [5.74, 6) is 0.199. The Kier molecular flexibility index (Phi) is 5.23. The molecule has 0 fully saturated rings. The van der Waals surface area contributed by atoms with E-state index in [-0.39, 0.29) is 10.7 Å². The van der Waals surface area contributed by atoms with Gasteiger partial charge in [-0.25, -0.2) is 18.1 Å². The molecular weight excluding hydrogens is 258 g/mol. The molecule has 0 spiro atoms. The molecule has 0 radical (unpaired) electrons. The van der Waals surface area contributed by atoms with Crippen molar-refractivity contribution < 1.29 is 8.42 Å². The summed E-state index contributed by atoms with van der Waals surface area (Å²) in [4.78, 5) is 3.91. The van der Waals surface area contributed by atoms with Gasteiger partial charge in [-0.1, -0.05) is 6.92 Å². The second kappa shape index (κ2) is 6.23. The molecule has 1 aromatic heterocycles. The van der Waals surface area contributed by atoms with Gasteiger partial charge in [0.1, 0.15) is 5.82 Å². The van der Waals surface area contributed by atoms with Gasteiger partial charge in [0.25, 0.3) is 0 Å². The van der Waals surface area contributed by atoms with Gasteiger partial charge in [-0.3, -0.25) is 0 Å². The lowest BCUT2D eigenvalue weighted by Gasteiger charge is -2.10. The van der Waals surface area contributed by atoms with E-state index in [0.717, 1.165) is 6.42 Å². The monoisotopic (exact) mass is 275 g/mol. The van der Waals surface area contributed by atoms with Crippen molar-refractivity contribution in [2.75, 3.05) is 18.5 Å². The number of nitrogens with one attached hydrogen (secondary N) is 1. The van der Waals surface area contributed by atoms with Crippen LogP contribution in [0.2, 0.25) is 0 Å². The summed E-state index contributed by atoms with van der Waals surface area (Å²) in [6, 6.07) is 2.77. The summed E-state index contributed by atoms with van der Waals surface area (Å²) in [5.41, 5.74) is 5.45. The maximum atomic E-state index is 11.9. The van der Waals surface area contributed by atoms with Crippen molar-refractivity contribution in [3.8, 4) is 0 Å². The second-order valence-electron chi connectivity index (χ2n) is 3.65. The molecule has 5 nitrogen and oxygen atoms in total. The molecule has 0 aliphatic rings. The first-order valence-corrected chi connectivity index (χ1v) is 7.97. The summed E-state index contributed by atoms with van der Waals surface area (Å²) < 4.78 is 26.2. The van der Waals surface area contributed by atoms with Gasteiger partial charge >= 0.3 is 0 Å². The van der Waals surface area contributed by atoms with Crippen molar-refractivity contribution in [2.24, 2.45) is 0 Å². The van der Waals surface area contributed by atoms with E-state index in [2.05, 4.69) is 16.6 Å². The molecular formula is C10H17N3O2S2. The molecule has 1 atom stereocenters. The molecule has 3 N–H and O–H groups in total. The van der Waals surface area contributed by atoms with Crippen LogP contribution >= 0.6 is 11.8 Å². The highest BCUT2D eigenvalue weighted by Gasteiger charge is 2.14. The third-order valence-corrected chi connectivity index (χ3v) is 4.81. The Morgan fingerprint density at radius 2 is 2.29 bits per heavy atom. The van der Waals surface area contributed by atoms with Crippen LogP contribution in [0.15, 0.2) is 23.2 Å². The highest BCUT2D eigenvalue weighted by molar-refractivity contribution is 7.99. The van der Waals surface area contributed by atoms with Crippen LogP contribution < -0.4 is 10.5 Å². The summed E-state index contributed by atoms with van der Waals surface area (Å²) in [6.07, 6.45) is 4.18. The van der Waals surface area contributed by atoms with Crippen molar-refractivity contribution in [1.29, 1.82) is 0 Å². The van der Waals surface area contributed by atoms with E-state index in [1.54, 1.807) is 11.8 Å². The van der Waals surface area contributed by atoms with E-state index in [1.807, 2.05) is 6.26 Å². The molecule has 1 aromatic rings. The van der Waals surface area contributed by atoms with E-state index in [0.29, 0.717) is 11.8 Å². The lowest BCUT2D eigenvalue weighted by atomic mass is 10.3. The molecule has 0 saturated heterocycles. The summed E-state index contributed by atoms with van der Waals surface area (Å²) in [6.45, 7) is 2.48. The Bertz CT molecular complexity index is 462. The van der Waals surface area contributed by atoms with Gasteiger partial charge in [-0.2, -0.15) is 11.8 Å². The topological polar surface area (TPSA) is 85.1 Å². The van der Waals surface area contributed by atoms with Crippen LogP contribution in [-0.4, -0.2) is 31.5 Å². The van der Waals surface area contributed by atoms with Crippen molar-refractivity contribution >= 4 is 27.6 Å². The minimum absolute atomic E-state index is 0.154. The number of sulfonamides is 1. The standard InChI is InChI=1S/C10H17N3O2S2/c1-8(16-2)3-6-13-17(14,15)9-4-5-12-10(11)7-9/h4-5,7-8,13H,3,6H2,1-2H3,(H2,11,12). The molecule has 0 bridgehead atoms. The Morgan fingerprint density at radius 3 is 2.88 bits per heavy atom. The third-order valence-electron chi connectivity index (χ3n) is 2.31. The minimum atomic E-state index is -3.47. The lowest BCUT2D eigenvalue weighted by Crippen LogP contribution is -2.26. The number of aromatic nitrogens is 1. The summed E-state index contributed by atoms with van der Waals surface area (Å²) >= 11 is 1.71. The predicted molar refractivity (Wildman–Crippen MR) is 71.4 cm³/mol. The fourth-order valence-electron chi connectivity index (χ4n) is 1.19. The number of thioether (sulfide) groups is 1. The number of nitrogens with two attached hydrogens (primary N) is 1. The van der Waals surface area contributed by atoms with Crippen molar-refractivity contribution in [3.05, 3.63) is 18.3 Å². The fourth-order valence-corrected chi connectivity index (χ4v) is 2.62. The van der Waals surface area contributed by atoms with Gasteiger partial charge in [0.15, 0.2) is 0 Å². The molecule has 96 valence electrons. The largest absolute Gasteiger partial charge is 0.384 e. The minimum Gasteiger partial charge on any atom is -0.384 e. The van der Waals surface area contributed by atoms with Crippen LogP contribution in [0.5, 0.6) is 0 Å². The zero-order chi connectivity index (χ0) is 12.9. The molecule has 7 heteroatoms. The van der Waals surface area contributed by atoms with Crippen molar-refractivity contribution in [2.45, 2.75) is 23.5 Å². The molecule has 17 heavy (non-hydrogen) atoms. The lowest BCUT2D eigenvalue weighted by molar-refractivity contribution is 0.579. The van der Waals surface area contributed by atoms with E-state index in [4.69, 9.17) is 5.73 Å². The van der Waals surface area contributed by atoms with Gasteiger partial charge in [0.05, 0.1) is 4.90 Å². The number of rotatable bonds is 6. The zero-order valence-corrected chi connectivity index (χ0v) is 11.5. The Balaban J connectivity index is 2.63. The van der Waals surface area contributed by atoms with Crippen LogP contribution in [0.3, 0.4) is 0 Å². The Morgan fingerprint density at radius 1 is 1.59 bits per heavy atom. The van der Waals surface area contributed by atoms with Gasteiger partial charge in [0, 0.05) is 24.1 Å². The van der Waals surface area contributed by atoms with Gasteiger partial charge in [-0.15, -0.1) is 0 Å². The average molecular weight is 275 g/mol. The number of hydrogen-bond donors (Lipinski definition) is 2. The molecule has 1 rings (SSSR count). The quantitative estimate of drug-likeness (QED) is 0.811. The maximum Gasteiger partial charge on any atom is 0.240 e. The molecule has 0 aliphatic carbocycles. The zero-order valence-electron chi connectivity index (χ0n) is 9.88. The first-order chi connectivity index (χ1) is 7.95. The van der Waals surface area contributed by atoms with Gasteiger partial charge in [0.2, 0.25) is 10.0 Å². The molecule has 0 aliphatic heterocycles. The van der Waals surface area contributed by atoms with E-state index in [1.165, 1.54) is 18.3 Å². The van der Waals surface area contributed by atoms with Gasteiger partial charge < -0.3 is 5.73 Å². The smallest absolute Gasteiger partial charge is 0.240 e. The van der Waals surface area contributed by atoms with Gasteiger partial charge in [-0.05, 0) is 18.7 Å². The molecule has 1 unspecified atom stereocenters. The predicted octanol–water partition coefficient (Wildman–Crippen LogP) is 1.08. The van der Waals surface area contributed by atoms with Crippen molar-refractivity contribution in [3.63, 3.8) is 0 Å². The van der Waals surface area contributed by atoms with Crippen LogP contribution in [0, 0.1) is 0 Å². The van der Waals surface area contributed by atoms with Crippen molar-refractivity contribution in [1.82, 2.24) is 9.71 Å². The second-order valence-corrected chi connectivity index (χ2v) is 6.69. The van der Waals surface area contributed by atoms with Crippen LogP contribution in [0.4, 0.5) is 5.82 Å². The average Bonchev–Trinajstić information content (AvgIpc) is 2.28. The van der Waals surface area contributed by atoms with E-state index < -0.39 is 10.0 Å². The number of hydrogen-bond acceptors (Lipinski definition) is 5. The summed E-state index contributed by atoms with van der Waals surface area (Å²) in [7, 11) is -3.47. The Labute approximate surface area is 106 Å². The summed E-state index contributed by atoms with van der Waals surface area (Å²) in [5, 5.41) is 0.431. The first kappa shape index (κ1) is 14.3. The van der Waals surface area contributed by atoms with E-state index >= 15 is 0 Å². The molecule has 1 heterocycles. The highest BCUT2D eigenvalue weighted by Crippen LogP contribution is 2.12. The van der Waals surface area contributed by atoms with Crippen LogP contribution in [0.1, 0.15) is 13.3 Å². The molecule has 0 amide bonds. The van der Waals surface area contributed by atoms with Crippen LogP contribution in [0.25, 0.3) is 0 Å². The number of anilines is 1. The number of nitrogen functional groups attached to an aromatic ring is 1. The molecule has 0 aromatic carbocycles. The molecule has 0 saturated carbocycles. The first-order valence-electron chi connectivity index (χ1n) is 5.19. The SMILES string of the molecule is CSC(C)CCNS(=O)(=O)c1ccnc(N)c1. The number of pyridine rings is 1. The number of nitrogens with zero attached hydrogens (tertiary/aromatic N) is 1. The Hall–Kier alpha value is -0.790. The highest BCUT2D eigenvalue weighted by atomic mass is 32.2. The normalized spacial score (nSPS) is 13.5. The fraction of sp³-hybridized carbons (Fsp3) is 0.500. The van der Waals surface area contributed by atoms with E-state index in [9.17, 15) is 8.42 Å².